The summed E-state index contributed by atoms with van der Waals surface area (Å²) in [4.78, 5) is 51.9. The van der Waals surface area contributed by atoms with Gasteiger partial charge in [-0.2, -0.15) is 22.0 Å². The van der Waals surface area contributed by atoms with Gasteiger partial charge in [0.2, 0.25) is 11.8 Å². The lowest BCUT2D eigenvalue weighted by molar-refractivity contribution is -0.175. The Labute approximate surface area is 273 Å². The molecular formula is C31H38ClF5N4O6. The van der Waals surface area contributed by atoms with Gasteiger partial charge in [0.25, 0.3) is 5.91 Å². The van der Waals surface area contributed by atoms with Crippen molar-refractivity contribution in [1.29, 1.82) is 0 Å². The van der Waals surface area contributed by atoms with Crippen LogP contribution in [0.4, 0.5) is 26.7 Å². The van der Waals surface area contributed by atoms with Gasteiger partial charge in [-0.3, -0.25) is 14.4 Å². The van der Waals surface area contributed by atoms with Crippen LogP contribution in [0.1, 0.15) is 51.8 Å². The van der Waals surface area contributed by atoms with Gasteiger partial charge in [-0.15, -0.1) is 0 Å². The number of ether oxygens (including phenoxy) is 1. The Kier molecular flexibility index (Phi) is 13.5. The third-order valence-electron chi connectivity index (χ3n) is 6.51. The Morgan fingerprint density at radius 1 is 0.872 bits per heavy atom. The van der Waals surface area contributed by atoms with E-state index in [0.717, 1.165) is 5.32 Å². The summed E-state index contributed by atoms with van der Waals surface area (Å²) in [5.74, 6) is -10.1. The Morgan fingerprint density at radius 2 is 1.49 bits per heavy atom. The molecule has 260 valence electrons. The first kappa shape index (κ1) is 39.2. The lowest BCUT2D eigenvalue weighted by Gasteiger charge is -2.33. The van der Waals surface area contributed by atoms with Gasteiger partial charge >= 0.3 is 18.2 Å². The third kappa shape index (κ3) is 12.6. The zero-order valence-corrected chi connectivity index (χ0v) is 27.0. The first-order chi connectivity index (χ1) is 21.6. The number of halogens is 6. The smallest absolute Gasteiger partial charge is 0.408 e. The van der Waals surface area contributed by atoms with Crippen LogP contribution < -0.4 is 21.3 Å². The summed E-state index contributed by atoms with van der Waals surface area (Å²) in [7, 11) is 0. The first-order valence-electron chi connectivity index (χ1n) is 14.4. The molecule has 0 saturated heterocycles. The molecule has 16 heteroatoms. The van der Waals surface area contributed by atoms with E-state index in [4.69, 9.17) is 16.3 Å². The van der Waals surface area contributed by atoms with Crippen LogP contribution in [-0.2, 0) is 25.5 Å². The number of hydrogen-bond acceptors (Lipinski definition) is 6. The number of amides is 4. The number of carbonyl (C=O) groups excluding carboxylic acids is 4. The van der Waals surface area contributed by atoms with Gasteiger partial charge in [0.05, 0.1) is 6.04 Å². The molecule has 0 spiro atoms. The average Bonchev–Trinajstić information content (AvgIpc) is 2.95. The normalized spacial score (nSPS) is 14.7. The minimum Gasteiger partial charge on any atom is -0.444 e. The molecule has 47 heavy (non-hydrogen) atoms. The van der Waals surface area contributed by atoms with Gasteiger partial charge in [0.15, 0.2) is 0 Å². The van der Waals surface area contributed by atoms with Gasteiger partial charge < -0.3 is 31.1 Å². The molecule has 4 atom stereocenters. The van der Waals surface area contributed by atoms with Gasteiger partial charge in [-0.25, -0.2) is 4.79 Å². The van der Waals surface area contributed by atoms with Crippen molar-refractivity contribution in [2.24, 2.45) is 5.92 Å². The highest BCUT2D eigenvalue weighted by Gasteiger charge is 2.52. The number of rotatable bonds is 13. The average molecular weight is 693 g/mol. The molecule has 0 aliphatic rings. The maximum Gasteiger partial charge on any atom is 0.408 e. The number of aliphatic hydroxyl groups is 1. The highest BCUT2D eigenvalue weighted by Crippen LogP contribution is 2.26. The number of carbonyl (C=O) groups is 4. The lowest BCUT2D eigenvalue weighted by Crippen LogP contribution is -2.61. The molecule has 0 aromatic heterocycles. The molecule has 5 N–H and O–H groups in total. The summed E-state index contributed by atoms with van der Waals surface area (Å²) in [5.41, 5.74) is -0.223. The maximum atomic E-state index is 14.8. The van der Waals surface area contributed by atoms with Crippen LogP contribution in [0, 0.1) is 5.92 Å². The number of nitrogens with one attached hydrogen (secondary N) is 4. The van der Waals surface area contributed by atoms with Gasteiger partial charge in [0, 0.05) is 11.4 Å². The zero-order valence-electron chi connectivity index (χ0n) is 26.3. The van der Waals surface area contributed by atoms with Crippen molar-refractivity contribution in [2.75, 3.05) is 6.54 Å². The SMILES string of the molecule is CC(C)C(NC(=O)C(NC(=O)C(Cc1cccc(Cl)c1)NC(=O)OC(C)(C)C)c1ccccc1)C(O)C(F)(F)C(=O)NCC(F)(F)F. The Balaban J connectivity index is 2.40. The molecule has 0 saturated carbocycles. The molecule has 2 aromatic carbocycles. The Bertz CT molecular complexity index is 1390. The van der Waals surface area contributed by atoms with Crippen molar-refractivity contribution in [2.45, 2.75) is 83.0 Å². The topological polar surface area (TPSA) is 146 Å². The molecule has 10 nitrogen and oxygen atoms in total. The van der Waals surface area contributed by atoms with Crippen LogP contribution in [0.2, 0.25) is 5.02 Å². The number of aliphatic hydroxyl groups excluding tert-OH is 1. The minimum absolute atomic E-state index is 0.110. The maximum absolute atomic E-state index is 14.8. The highest BCUT2D eigenvalue weighted by atomic mass is 35.5. The van der Waals surface area contributed by atoms with Crippen LogP contribution in [0.25, 0.3) is 0 Å². The van der Waals surface area contributed by atoms with Crippen LogP contribution >= 0.6 is 11.6 Å². The molecule has 0 bridgehead atoms. The Hall–Kier alpha value is -3.98. The zero-order chi connectivity index (χ0) is 35.7. The van der Waals surface area contributed by atoms with E-state index >= 15 is 0 Å². The van der Waals surface area contributed by atoms with Crippen LogP contribution in [0.15, 0.2) is 54.6 Å². The third-order valence-corrected chi connectivity index (χ3v) is 6.74. The molecule has 0 aliphatic carbocycles. The Morgan fingerprint density at radius 3 is 2.02 bits per heavy atom. The summed E-state index contributed by atoms with van der Waals surface area (Å²) < 4.78 is 72.5. The van der Waals surface area contributed by atoms with Crippen molar-refractivity contribution in [3.63, 3.8) is 0 Å². The fourth-order valence-corrected chi connectivity index (χ4v) is 4.48. The molecular weight excluding hydrogens is 655 g/mol. The molecule has 0 heterocycles. The van der Waals surface area contributed by atoms with Crippen LogP contribution in [-0.4, -0.2) is 71.4 Å². The summed E-state index contributed by atoms with van der Waals surface area (Å²) in [6.45, 7) is 5.40. The van der Waals surface area contributed by atoms with Crippen LogP contribution in [0.5, 0.6) is 0 Å². The van der Waals surface area contributed by atoms with E-state index in [9.17, 15) is 46.2 Å². The van der Waals surface area contributed by atoms with E-state index in [1.165, 1.54) is 38.1 Å². The molecule has 4 unspecified atom stereocenters. The van der Waals surface area contributed by atoms with E-state index in [2.05, 4.69) is 16.0 Å². The van der Waals surface area contributed by atoms with Crippen LogP contribution in [0.3, 0.4) is 0 Å². The lowest BCUT2D eigenvalue weighted by atomic mass is 9.93. The van der Waals surface area contributed by atoms with Gasteiger partial charge in [-0.1, -0.05) is 67.9 Å². The fourth-order valence-electron chi connectivity index (χ4n) is 4.26. The van der Waals surface area contributed by atoms with Crippen molar-refractivity contribution >= 4 is 35.4 Å². The summed E-state index contributed by atoms with van der Waals surface area (Å²) >= 11 is 6.08. The molecule has 2 aromatic rings. The molecule has 0 fully saturated rings. The van der Waals surface area contributed by atoms with E-state index in [1.807, 2.05) is 0 Å². The summed E-state index contributed by atoms with van der Waals surface area (Å²) in [6.07, 6.45) is -9.01. The molecule has 0 radical (unpaired) electrons. The monoisotopic (exact) mass is 692 g/mol. The molecule has 2 rings (SSSR count). The second kappa shape index (κ2) is 16.2. The van der Waals surface area contributed by atoms with Gasteiger partial charge in [0.1, 0.15) is 30.3 Å². The highest BCUT2D eigenvalue weighted by molar-refractivity contribution is 6.30. The standard InChI is InChI=1S/C31H38ClF5N4O6/c1-17(2)22(24(42)31(36,37)27(45)38-16-30(33,34)35)40-26(44)23(19-11-7-6-8-12-19)41-25(43)21(39-28(46)47-29(3,4)5)15-18-10-9-13-20(32)14-18/h6-14,17,21-24,42H,15-16H2,1-5H3,(H,38,45)(H,39,46)(H,40,44)(H,41,43). The van der Waals surface area contributed by atoms with E-state index in [-0.39, 0.29) is 12.0 Å². The van der Waals surface area contributed by atoms with E-state index in [0.29, 0.717) is 10.6 Å². The molecule has 0 aliphatic heterocycles. The van der Waals surface area contributed by atoms with E-state index < -0.39 is 78.2 Å². The first-order valence-corrected chi connectivity index (χ1v) is 14.8. The second-order valence-corrected chi connectivity index (χ2v) is 12.5. The molecule has 4 amide bonds. The summed E-state index contributed by atoms with van der Waals surface area (Å²) in [6, 6.07) is 9.15. The van der Waals surface area contributed by atoms with Crippen molar-refractivity contribution in [3.05, 3.63) is 70.7 Å². The minimum atomic E-state index is -4.99. The number of benzene rings is 2. The predicted molar refractivity (Wildman–Crippen MR) is 162 cm³/mol. The number of alkyl halides is 5. The van der Waals surface area contributed by atoms with Crippen molar-refractivity contribution in [3.8, 4) is 0 Å². The largest absolute Gasteiger partial charge is 0.444 e. The summed E-state index contributed by atoms with van der Waals surface area (Å²) in [5, 5.41) is 19.0. The quantitative estimate of drug-likeness (QED) is 0.196. The van der Waals surface area contributed by atoms with Crippen molar-refractivity contribution < 1.29 is 51.0 Å². The predicted octanol–water partition coefficient (Wildman–Crippen LogP) is 4.45. The second-order valence-electron chi connectivity index (χ2n) is 12.0. The number of hydrogen-bond donors (Lipinski definition) is 5. The fraction of sp³-hybridized carbons (Fsp3) is 0.484. The van der Waals surface area contributed by atoms with E-state index in [1.54, 1.807) is 51.1 Å². The van der Waals surface area contributed by atoms with Gasteiger partial charge in [-0.05, 0) is 49.9 Å². The van der Waals surface area contributed by atoms with Crippen molar-refractivity contribution in [1.82, 2.24) is 21.3 Å². The number of alkyl carbamates (subject to hydrolysis) is 1.